The van der Waals surface area contributed by atoms with Gasteiger partial charge < -0.3 is 10.1 Å². The molecule has 0 radical (unpaired) electrons. The number of ether oxygens (including phenoxy) is 1. The summed E-state index contributed by atoms with van der Waals surface area (Å²) in [5.41, 5.74) is 1.25. The van der Waals surface area contributed by atoms with E-state index in [1.807, 2.05) is 0 Å². The molecular formula is C15H13N3O4. The van der Waals surface area contributed by atoms with Crippen LogP contribution in [0.1, 0.15) is 5.56 Å². The van der Waals surface area contributed by atoms with Gasteiger partial charge in [-0.2, -0.15) is 0 Å². The van der Waals surface area contributed by atoms with Gasteiger partial charge >= 0.3 is 11.7 Å². The van der Waals surface area contributed by atoms with Crippen LogP contribution in [0.3, 0.4) is 0 Å². The molecule has 7 nitrogen and oxygen atoms in total. The summed E-state index contributed by atoms with van der Waals surface area (Å²) in [6.45, 7) is 0. The van der Waals surface area contributed by atoms with Crippen molar-refractivity contribution >= 4 is 29.2 Å². The Labute approximate surface area is 126 Å². The largest absolute Gasteiger partial charge is 0.466 e. The highest BCUT2D eigenvalue weighted by molar-refractivity contribution is 5.87. The summed E-state index contributed by atoms with van der Waals surface area (Å²) in [7, 11) is 1.30. The lowest BCUT2D eigenvalue weighted by atomic mass is 10.2. The van der Waals surface area contributed by atoms with E-state index in [9.17, 15) is 14.9 Å². The van der Waals surface area contributed by atoms with Gasteiger partial charge in [-0.15, -0.1) is 0 Å². The number of hydrogen-bond donors (Lipinski definition) is 1. The first-order valence-electron chi connectivity index (χ1n) is 6.32. The number of aromatic nitrogens is 1. The molecule has 0 amide bonds. The van der Waals surface area contributed by atoms with E-state index in [4.69, 9.17) is 0 Å². The van der Waals surface area contributed by atoms with Gasteiger partial charge in [0.1, 0.15) is 0 Å². The molecule has 0 aliphatic rings. The fourth-order valence-electron chi connectivity index (χ4n) is 1.73. The van der Waals surface area contributed by atoms with Crippen LogP contribution in [0.2, 0.25) is 0 Å². The molecule has 0 unspecified atom stereocenters. The zero-order valence-electron chi connectivity index (χ0n) is 11.7. The molecule has 22 heavy (non-hydrogen) atoms. The van der Waals surface area contributed by atoms with Crippen molar-refractivity contribution in [2.24, 2.45) is 0 Å². The highest BCUT2D eigenvalue weighted by atomic mass is 16.6. The molecule has 0 bridgehead atoms. The molecule has 112 valence electrons. The average Bonchev–Trinajstić information content (AvgIpc) is 2.53. The van der Waals surface area contributed by atoms with Crippen LogP contribution in [0.25, 0.3) is 6.08 Å². The number of anilines is 2. The summed E-state index contributed by atoms with van der Waals surface area (Å²) < 4.78 is 4.51. The summed E-state index contributed by atoms with van der Waals surface area (Å²) >= 11 is 0. The number of pyridine rings is 1. The summed E-state index contributed by atoms with van der Waals surface area (Å²) in [5, 5.41) is 13.8. The van der Waals surface area contributed by atoms with E-state index < -0.39 is 10.9 Å². The number of methoxy groups -OCH3 is 1. The van der Waals surface area contributed by atoms with Crippen LogP contribution in [-0.4, -0.2) is 23.0 Å². The van der Waals surface area contributed by atoms with Crippen LogP contribution >= 0.6 is 0 Å². The van der Waals surface area contributed by atoms with Crippen molar-refractivity contribution in [1.29, 1.82) is 0 Å². The molecule has 2 aromatic rings. The van der Waals surface area contributed by atoms with Gasteiger partial charge in [-0.3, -0.25) is 10.1 Å². The summed E-state index contributed by atoms with van der Waals surface area (Å²) in [6.07, 6.45) is 4.35. The molecule has 0 aliphatic carbocycles. The number of carbonyl (C=O) groups is 1. The number of nitrogens with zero attached hydrogens (tertiary/aromatic N) is 2. The lowest BCUT2D eigenvalue weighted by Crippen LogP contribution is -1.99. The minimum Gasteiger partial charge on any atom is -0.466 e. The van der Waals surface area contributed by atoms with Gasteiger partial charge in [-0.05, 0) is 29.8 Å². The second kappa shape index (κ2) is 6.98. The normalized spacial score (nSPS) is 10.4. The molecule has 0 spiro atoms. The van der Waals surface area contributed by atoms with Gasteiger partial charge in [0.05, 0.1) is 12.0 Å². The molecule has 2 rings (SSSR count). The van der Waals surface area contributed by atoms with Crippen LogP contribution in [0, 0.1) is 10.1 Å². The second-order valence-electron chi connectivity index (χ2n) is 4.24. The maximum Gasteiger partial charge on any atom is 0.330 e. The SMILES string of the molecule is COC(=O)/C=C/c1cccc(Nc2ncccc2[N+](=O)[O-])c1. The Morgan fingerprint density at radius 3 is 2.91 bits per heavy atom. The minimum atomic E-state index is -0.504. The van der Waals surface area contributed by atoms with Gasteiger partial charge in [0.25, 0.3) is 0 Å². The van der Waals surface area contributed by atoms with Gasteiger partial charge in [0, 0.05) is 24.0 Å². The van der Waals surface area contributed by atoms with Crippen LogP contribution in [0.15, 0.2) is 48.7 Å². The fourth-order valence-corrected chi connectivity index (χ4v) is 1.73. The maximum atomic E-state index is 11.1. The molecule has 0 atom stereocenters. The van der Waals surface area contributed by atoms with Crippen LogP contribution in [0.5, 0.6) is 0 Å². The number of esters is 1. The standard InChI is InChI=1S/C15H13N3O4/c1-22-14(19)8-7-11-4-2-5-12(10-11)17-15-13(18(20)21)6-3-9-16-15/h2-10H,1H3,(H,16,17)/b8-7+. The van der Waals surface area contributed by atoms with Crippen LogP contribution < -0.4 is 5.32 Å². The zero-order chi connectivity index (χ0) is 15.9. The summed E-state index contributed by atoms with van der Waals surface area (Å²) in [6, 6.07) is 9.90. The van der Waals surface area contributed by atoms with E-state index in [-0.39, 0.29) is 11.5 Å². The van der Waals surface area contributed by atoms with Crippen LogP contribution in [0.4, 0.5) is 17.2 Å². The quantitative estimate of drug-likeness (QED) is 0.395. The number of rotatable bonds is 5. The van der Waals surface area contributed by atoms with E-state index in [1.165, 1.54) is 31.5 Å². The fraction of sp³-hybridized carbons (Fsp3) is 0.0667. The van der Waals surface area contributed by atoms with Gasteiger partial charge in [-0.1, -0.05) is 12.1 Å². The molecule has 1 N–H and O–H groups in total. The van der Waals surface area contributed by atoms with Gasteiger partial charge in [0.2, 0.25) is 5.82 Å². The molecule has 1 aromatic heterocycles. The smallest absolute Gasteiger partial charge is 0.330 e. The Kier molecular flexibility index (Phi) is 4.81. The van der Waals surface area contributed by atoms with E-state index in [2.05, 4.69) is 15.0 Å². The predicted molar refractivity (Wildman–Crippen MR) is 81.7 cm³/mol. The van der Waals surface area contributed by atoms with Gasteiger partial charge in [0.15, 0.2) is 0 Å². The molecule has 0 aliphatic heterocycles. The van der Waals surface area contributed by atoms with E-state index >= 15 is 0 Å². The highest BCUT2D eigenvalue weighted by Gasteiger charge is 2.13. The second-order valence-corrected chi connectivity index (χ2v) is 4.24. The van der Waals surface area contributed by atoms with E-state index in [0.29, 0.717) is 5.69 Å². The zero-order valence-corrected chi connectivity index (χ0v) is 11.7. The molecular weight excluding hydrogens is 286 g/mol. The first-order valence-corrected chi connectivity index (χ1v) is 6.32. The van der Waals surface area contributed by atoms with Crippen molar-refractivity contribution in [2.75, 3.05) is 12.4 Å². The monoisotopic (exact) mass is 299 g/mol. The van der Waals surface area contributed by atoms with Crippen LogP contribution in [-0.2, 0) is 9.53 Å². The van der Waals surface area contributed by atoms with E-state index in [1.54, 1.807) is 30.3 Å². The maximum absolute atomic E-state index is 11.1. The van der Waals surface area contributed by atoms with Crippen molar-refractivity contribution in [2.45, 2.75) is 0 Å². The third-order valence-corrected chi connectivity index (χ3v) is 2.75. The lowest BCUT2D eigenvalue weighted by molar-refractivity contribution is -0.384. The van der Waals surface area contributed by atoms with E-state index in [0.717, 1.165) is 5.56 Å². The molecule has 0 saturated carbocycles. The topological polar surface area (TPSA) is 94.4 Å². The first-order chi connectivity index (χ1) is 10.6. The van der Waals surface area contributed by atoms with Crippen molar-refractivity contribution in [3.8, 4) is 0 Å². The Morgan fingerprint density at radius 1 is 1.36 bits per heavy atom. The number of benzene rings is 1. The third-order valence-electron chi connectivity index (χ3n) is 2.75. The number of nitro groups is 1. The van der Waals surface area contributed by atoms with Crippen molar-refractivity contribution in [3.05, 3.63) is 64.3 Å². The summed E-state index contributed by atoms with van der Waals surface area (Å²) in [4.78, 5) is 25.5. The lowest BCUT2D eigenvalue weighted by Gasteiger charge is -2.06. The van der Waals surface area contributed by atoms with Crippen molar-refractivity contribution in [1.82, 2.24) is 4.98 Å². The molecule has 7 heteroatoms. The van der Waals surface area contributed by atoms with Crippen molar-refractivity contribution < 1.29 is 14.5 Å². The predicted octanol–water partition coefficient (Wildman–Crippen LogP) is 2.92. The minimum absolute atomic E-state index is 0.113. The Hall–Kier alpha value is -3.22. The van der Waals surface area contributed by atoms with Crippen molar-refractivity contribution in [3.63, 3.8) is 0 Å². The first kappa shape index (κ1) is 15.2. The number of carbonyl (C=O) groups excluding carboxylic acids is 1. The number of nitrogens with one attached hydrogen (secondary N) is 1. The number of hydrogen-bond acceptors (Lipinski definition) is 6. The third kappa shape index (κ3) is 3.89. The average molecular weight is 299 g/mol. The Morgan fingerprint density at radius 2 is 2.18 bits per heavy atom. The molecule has 0 saturated heterocycles. The Bertz CT molecular complexity index is 728. The molecule has 0 fully saturated rings. The molecule has 1 heterocycles. The Balaban J connectivity index is 2.23. The summed E-state index contributed by atoms with van der Waals surface area (Å²) in [5.74, 6) is -0.305. The molecule has 1 aromatic carbocycles. The highest BCUT2D eigenvalue weighted by Crippen LogP contribution is 2.25. The van der Waals surface area contributed by atoms with Gasteiger partial charge in [-0.25, -0.2) is 9.78 Å².